The molecule has 0 aromatic heterocycles. The Labute approximate surface area is 210 Å². The number of esters is 2. The molecule has 0 bridgehead atoms. The molecule has 5 nitrogen and oxygen atoms in total. The number of cyclic esters (lactones) is 2. The minimum Gasteiger partial charge on any atom is -0.419 e. The summed E-state index contributed by atoms with van der Waals surface area (Å²) in [4.78, 5) is 40.4. The second-order valence-electron chi connectivity index (χ2n) is 9.47. The summed E-state index contributed by atoms with van der Waals surface area (Å²) in [7, 11) is 0. The monoisotopic (exact) mass is 478 g/mol. The molecule has 36 heavy (non-hydrogen) atoms. The summed E-state index contributed by atoms with van der Waals surface area (Å²) in [5.41, 5.74) is 3.55. The quantitative estimate of drug-likeness (QED) is 0.272. The van der Waals surface area contributed by atoms with Crippen molar-refractivity contribution in [3.63, 3.8) is 0 Å². The molecule has 5 rings (SSSR count). The zero-order valence-electron chi connectivity index (χ0n) is 20.1. The van der Waals surface area contributed by atoms with Crippen molar-refractivity contribution in [1.82, 2.24) is 0 Å². The zero-order chi connectivity index (χ0) is 25.3. The number of hydrogen-bond donors (Lipinski definition) is 0. The summed E-state index contributed by atoms with van der Waals surface area (Å²) >= 11 is 0. The maximum Gasteiger partial charge on any atom is 0.349 e. The molecule has 0 saturated carbocycles. The molecule has 180 valence electrons. The lowest BCUT2D eigenvalue weighted by Crippen LogP contribution is -2.43. The molecular formula is C31H26O5. The van der Waals surface area contributed by atoms with Gasteiger partial charge in [0, 0.05) is 19.8 Å². The number of carbonyl (C=O) groups excluding carboxylic acids is 3. The Morgan fingerprint density at radius 3 is 1.86 bits per heavy atom. The highest BCUT2D eigenvalue weighted by Gasteiger charge is 2.45. The van der Waals surface area contributed by atoms with E-state index in [1.165, 1.54) is 13.8 Å². The van der Waals surface area contributed by atoms with Crippen molar-refractivity contribution in [3.05, 3.63) is 119 Å². The Balaban J connectivity index is 1.73. The van der Waals surface area contributed by atoms with Crippen LogP contribution in [0.2, 0.25) is 0 Å². The van der Waals surface area contributed by atoms with Crippen LogP contribution in [0.3, 0.4) is 0 Å². The van der Waals surface area contributed by atoms with Gasteiger partial charge >= 0.3 is 11.9 Å². The van der Waals surface area contributed by atoms with Crippen molar-refractivity contribution < 1.29 is 23.9 Å². The third-order valence-electron chi connectivity index (χ3n) is 6.59. The highest BCUT2D eigenvalue weighted by Crippen LogP contribution is 2.47. The average molecular weight is 479 g/mol. The van der Waals surface area contributed by atoms with Crippen LogP contribution in [0.25, 0.3) is 11.1 Å². The molecule has 5 heteroatoms. The molecule has 0 radical (unpaired) electrons. The first-order chi connectivity index (χ1) is 17.3. The molecule has 1 heterocycles. The highest BCUT2D eigenvalue weighted by molar-refractivity contribution is 6.23. The van der Waals surface area contributed by atoms with Gasteiger partial charge in [0.2, 0.25) is 0 Å². The first-order valence-electron chi connectivity index (χ1n) is 11.9. The first kappa shape index (κ1) is 23.5. The fourth-order valence-electron chi connectivity index (χ4n) is 5.05. The van der Waals surface area contributed by atoms with Crippen molar-refractivity contribution in [1.29, 1.82) is 0 Å². The lowest BCUT2D eigenvalue weighted by atomic mass is 9.68. The summed E-state index contributed by atoms with van der Waals surface area (Å²) in [5, 5.41) is 0. The Morgan fingerprint density at radius 1 is 0.750 bits per heavy atom. The van der Waals surface area contributed by atoms with E-state index in [-0.39, 0.29) is 17.3 Å². The third kappa shape index (κ3) is 4.52. The molecule has 2 aliphatic rings. The van der Waals surface area contributed by atoms with Crippen LogP contribution in [0.5, 0.6) is 0 Å². The Hall–Kier alpha value is -4.25. The summed E-state index contributed by atoms with van der Waals surface area (Å²) in [6.07, 6.45) is 2.20. The molecule has 0 N–H and O–H groups in total. The van der Waals surface area contributed by atoms with Gasteiger partial charge in [-0.15, -0.1) is 0 Å². The summed E-state index contributed by atoms with van der Waals surface area (Å²) < 4.78 is 10.9. The van der Waals surface area contributed by atoms with Gasteiger partial charge in [0.25, 0.3) is 5.79 Å². The van der Waals surface area contributed by atoms with Gasteiger partial charge in [0.1, 0.15) is 5.57 Å². The predicted octanol–water partition coefficient (Wildman–Crippen LogP) is 5.73. The third-order valence-corrected chi connectivity index (χ3v) is 6.59. The van der Waals surface area contributed by atoms with Crippen LogP contribution in [0.4, 0.5) is 0 Å². The lowest BCUT2D eigenvalue weighted by molar-refractivity contribution is -0.222. The number of ketones is 1. The van der Waals surface area contributed by atoms with E-state index in [4.69, 9.17) is 9.47 Å². The van der Waals surface area contributed by atoms with Crippen LogP contribution in [-0.2, 0) is 23.9 Å². The van der Waals surface area contributed by atoms with Gasteiger partial charge in [-0.05, 0) is 40.3 Å². The predicted molar refractivity (Wildman–Crippen MR) is 136 cm³/mol. The van der Waals surface area contributed by atoms with Gasteiger partial charge in [-0.25, -0.2) is 9.59 Å². The Morgan fingerprint density at radius 2 is 1.28 bits per heavy atom. The van der Waals surface area contributed by atoms with E-state index in [2.05, 4.69) is 0 Å². The molecule has 3 aromatic carbocycles. The van der Waals surface area contributed by atoms with E-state index in [9.17, 15) is 14.4 Å². The summed E-state index contributed by atoms with van der Waals surface area (Å²) in [6, 6.07) is 28.6. The van der Waals surface area contributed by atoms with Crippen molar-refractivity contribution in [2.45, 2.75) is 32.0 Å². The Bertz CT molecular complexity index is 1350. The maximum absolute atomic E-state index is 13.9. The first-order valence-corrected chi connectivity index (χ1v) is 11.9. The van der Waals surface area contributed by atoms with E-state index in [1.807, 2.05) is 78.9 Å². The topological polar surface area (TPSA) is 69.7 Å². The maximum atomic E-state index is 13.9. The van der Waals surface area contributed by atoms with Crippen LogP contribution >= 0.6 is 0 Å². The molecule has 1 saturated heterocycles. The SMILES string of the molecule is CC1(C)OC(=O)C(=C(c2ccccc2)[C@@H]2C(=O)C=C(c3ccccc3)C[C@H]2c2ccccc2)C(=O)O1. The van der Waals surface area contributed by atoms with Crippen LogP contribution in [0.1, 0.15) is 42.9 Å². The van der Waals surface area contributed by atoms with E-state index in [0.717, 1.165) is 16.7 Å². The van der Waals surface area contributed by atoms with Crippen LogP contribution in [-0.4, -0.2) is 23.5 Å². The number of hydrogen-bond acceptors (Lipinski definition) is 5. The van der Waals surface area contributed by atoms with Gasteiger partial charge in [-0.1, -0.05) is 91.0 Å². The number of rotatable bonds is 4. The summed E-state index contributed by atoms with van der Waals surface area (Å²) in [6.45, 7) is 3.02. The van der Waals surface area contributed by atoms with E-state index in [0.29, 0.717) is 17.6 Å². The molecule has 3 aromatic rings. The molecule has 1 fully saturated rings. The van der Waals surface area contributed by atoms with E-state index < -0.39 is 23.6 Å². The lowest BCUT2D eigenvalue weighted by Gasteiger charge is -2.36. The van der Waals surface area contributed by atoms with Gasteiger partial charge in [-0.2, -0.15) is 0 Å². The van der Waals surface area contributed by atoms with Crippen LogP contribution in [0, 0.1) is 5.92 Å². The average Bonchev–Trinajstić information content (AvgIpc) is 2.87. The number of benzene rings is 3. The second kappa shape index (κ2) is 9.42. The smallest absolute Gasteiger partial charge is 0.349 e. The van der Waals surface area contributed by atoms with E-state index >= 15 is 0 Å². The van der Waals surface area contributed by atoms with Gasteiger partial charge < -0.3 is 9.47 Å². The van der Waals surface area contributed by atoms with E-state index in [1.54, 1.807) is 18.2 Å². The number of allylic oxidation sites excluding steroid dienone is 3. The standard InChI is InChI=1S/C31H26O5/c1-31(2)35-29(33)28(30(34)36-31)26(22-16-10-5-11-17-22)27-24(21-14-8-4-9-15-21)18-23(19-25(27)32)20-12-6-3-7-13-20/h3-17,19,24,27H,18H2,1-2H3/t24-,27-/m0/s1. The Kier molecular flexibility index (Phi) is 6.15. The van der Waals surface area contributed by atoms with Gasteiger partial charge in [0.15, 0.2) is 5.78 Å². The minimum atomic E-state index is -1.38. The molecule has 1 aliphatic heterocycles. The highest BCUT2D eigenvalue weighted by atomic mass is 16.7. The molecule has 1 aliphatic carbocycles. The fraction of sp³-hybridized carbons (Fsp3) is 0.194. The minimum absolute atomic E-state index is 0.175. The molecule has 0 amide bonds. The largest absolute Gasteiger partial charge is 0.419 e. The summed E-state index contributed by atoms with van der Waals surface area (Å²) in [5.74, 6) is -4.21. The molecule has 0 spiro atoms. The number of carbonyl (C=O) groups is 3. The zero-order valence-corrected chi connectivity index (χ0v) is 20.1. The normalized spacial score (nSPS) is 21.3. The molecular weight excluding hydrogens is 452 g/mol. The fourth-order valence-corrected chi connectivity index (χ4v) is 5.05. The van der Waals surface area contributed by atoms with Crippen LogP contribution in [0.15, 0.2) is 103 Å². The van der Waals surface area contributed by atoms with Gasteiger partial charge in [0.05, 0.1) is 5.92 Å². The van der Waals surface area contributed by atoms with Gasteiger partial charge in [-0.3, -0.25) is 4.79 Å². The number of ether oxygens (including phenoxy) is 2. The molecule has 0 unspecified atom stereocenters. The van der Waals surface area contributed by atoms with Crippen molar-refractivity contribution in [2.75, 3.05) is 0 Å². The van der Waals surface area contributed by atoms with Crippen molar-refractivity contribution >= 4 is 28.9 Å². The molecule has 2 atom stereocenters. The van der Waals surface area contributed by atoms with Crippen LogP contribution < -0.4 is 0 Å². The van der Waals surface area contributed by atoms with Crippen molar-refractivity contribution in [2.24, 2.45) is 5.92 Å². The second-order valence-corrected chi connectivity index (χ2v) is 9.47. The van der Waals surface area contributed by atoms with Crippen molar-refractivity contribution in [3.8, 4) is 0 Å².